The van der Waals surface area contributed by atoms with Crippen LogP contribution in [0.2, 0.25) is 5.02 Å². The maximum absolute atomic E-state index is 13.9. The summed E-state index contributed by atoms with van der Waals surface area (Å²) in [6.45, 7) is 2.40. The Bertz CT molecular complexity index is 1650. The lowest BCUT2D eigenvalue weighted by molar-refractivity contribution is 0.0919. The molecule has 2 fully saturated rings. The molecule has 3 heterocycles. The number of aryl methyl sites for hydroxylation is 1. The minimum atomic E-state index is -0.146. The van der Waals surface area contributed by atoms with E-state index in [0.717, 1.165) is 56.9 Å². The van der Waals surface area contributed by atoms with Gasteiger partial charge < -0.3 is 14.8 Å². The minimum absolute atomic E-state index is 0.0736. The lowest BCUT2D eigenvalue weighted by atomic mass is 9.85. The number of benzene rings is 1. The average Bonchev–Trinajstić information content (AvgIpc) is 3.61. The number of carbonyl (C=O) groups excluding carboxylic acids is 1. The Labute approximate surface area is 249 Å². The second-order valence-corrected chi connectivity index (χ2v) is 11.8. The first-order chi connectivity index (χ1) is 20.4. The largest absolute Gasteiger partial charge is 0.493 e. The summed E-state index contributed by atoms with van der Waals surface area (Å²) in [5, 5.41) is 3.60. The van der Waals surface area contributed by atoms with E-state index < -0.39 is 0 Å². The molecule has 2 saturated carbocycles. The third-order valence-electron chi connectivity index (χ3n) is 8.61. The zero-order valence-corrected chi connectivity index (χ0v) is 24.8. The van der Waals surface area contributed by atoms with Crippen molar-refractivity contribution in [2.75, 3.05) is 7.11 Å². The third kappa shape index (κ3) is 5.75. The van der Waals surface area contributed by atoms with Gasteiger partial charge in [-0.1, -0.05) is 11.6 Å². The Morgan fingerprint density at radius 1 is 1.05 bits per heavy atom. The smallest absolute Gasteiger partial charge is 0.334 e. The van der Waals surface area contributed by atoms with Gasteiger partial charge in [-0.25, -0.2) is 14.3 Å². The highest BCUT2D eigenvalue weighted by Crippen LogP contribution is 2.34. The van der Waals surface area contributed by atoms with E-state index in [-0.39, 0.29) is 23.7 Å². The fourth-order valence-corrected chi connectivity index (χ4v) is 6.48. The molecule has 220 valence electrons. The Morgan fingerprint density at radius 2 is 1.83 bits per heavy atom. The molecule has 42 heavy (non-hydrogen) atoms. The van der Waals surface area contributed by atoms with E-state index in [1.165, 1.54) is 0 Å². The van der Waals surface area contributed by atoms with Crippen LogP contribution in [0.3, 0.4) is 0 Å². The predicted molar refractivity (Wildman–Crippen MR) is 162 cm³/mol. The molecule has 10 heteroatoms. The topological polar surface area (TPSA) is 100 Å². The van der Waals surface area contributed by atoms with Crippen molar-refractivity contribution in [1.82, 2.24) is 24.4 Å². The van der Waals surface area contributed by atoms with Gasteiger partial charge in [-0.05, 0) is 94.5 Å². The third-order valence-corrected chi connectivity index (χ3v) is 8.82. The molecule has 1 aromatic carbocycles. The highest BCUT2D eigenvalue weighted by molar-refractivity contribution is 6.30. The SMILES string of the molecule is COc1ccc(-n2c(=O)n(C[C@H]3CC[C@H](NC(=O)c4cc(Cl)cnc4C)CC3)c3cccnc32)cc1OC1CCCC1. The summed E-state index contributed by atoms with van der Waals surface area (Å²) in [7, 11) is 1.63. The highest BCUT2D eigenvalue weighted by atomic mass is 35.5. The van der Waals surface area contributed by atoms with Crippen LogP contribution in [-0.4, -0.2) is 44.3 Å². The van der Waals surface area contributed by atoms with Gasteiger partial charge in [0.05, 0.1) is 40.7 Å². The summed E-state index contributed by atoms with van der Waals surface area (Å²) in [4.78, 5) is 35.6. The lowest BCUT2D eigenvalue weighted by Crippen LogP contribution is -2.39. The van der Waals surface area contributed by atoms with Crippen molar-refractivity contribution in [2.24, 2.45) is 5.92 Å². The first-order valence-electron chi connectivity index (χ1n) is 14.8. The van der Waals surface area contributed by atoms with E-state index in [1.807, 2.05) is 34.9 Å². The molecule has 3 aromatic heterocycles. The number of aromatic nitrogens is 4. The summed E-state index contributed by atoms with van der Waals surface area (Å²) in [6.07, 6.45) is 11.3. The Morgan fingerprint density at radius 3 is 2.60 bits per heavy atom. The van der Waals surface area contributed by atoms with Gasteiger partial charge >= 0.3 is 5.69 Å². The van der Waals surface area contributed by atoms with Gasteiger partial charge in [-0.3, -0.25) is 14.3 Å². The molecule has 0 bridgehead atoms. The minimum Gasteiger partial charge on any atom is -0.493 e. The number of carbonyl (C=O) groups is 1. The number of nitrogens with one attached hydrogen (secondary N) is 1. The summed E-state index contributed by atoms with van der Waals surface area (Å²) in [5.41, 5.74) is 3.16. The van der Waals surface area contributed by atoms with Gasteiger partial charge in [0, 0.05) is 31.0 Å². The number of rotatable bonds is 8. The zero-order valence-electron chi connectivity index (χ0n) is 24.0. The highest BCUT2D eigenvalue weighted by Gasteiger charge is 2.26. The molecular weight excluding hydrogens is 554 g/mol. The van der Waals surface area contributed by atoms with Crippen molar-refractivity contribution < 1.29 is 14.3 Å². The van der Waals surface area contributed by atoms with Crippen LogP contribution in [0.1, 0.15) is 67.4 Å². The molecule has 0 radical (unpaired) electrons. The van der Waals surface area contributed by atoms with Crippen LogP contribution >= 0.6 is 11.6 Å². The normalized spacial score (nSPS) is 19.2. The van der Waals surface area contributed by atoms with E-state index >= 15 is 0 Å². The molecule has 4 aromatic rings. The maximum atomic E-state index is 13.9. The van der Waals surface area contributed by atoms with Gasteiger partial charge in [0.2, 0.25) is 0 Å². The Kier molecular flexibility index (Phi) is 8.20. The molecule has 0 atom stereocenters. The predicted octanol–water partition coefficient (Wildman–Crippen LogP) is 5.86. The summed E-state index contributed by atoms with van der Waals surface area (Å²) >= 11 is 6.06. The quantitative estimate of drug-likeness (QED) is 0.276. The van der Waals surface area contributed by atoms with Gasteiger partial charge in [0.1, 0.15) is 0 Å². The van der Waals surface area contributed by atoms with Crippen molar-refractivity contribution in [3.05, 3.63) is 75.6 Å². The monoisotopic (exact) mass is 589 g/mol. The number of hydrogen-bond donors (Lipinski definition) is 1. The van der Waals surface area contributed by atoms with Crippen LogP contribution in [0.15, 0.2) is 53.6 Å². The molecule has 2 aliphatic rings. The van der Waals surface area contributed by atoms with Crippen LogP contribution in [0, 0.1) is 12.8 Å². The number of ether oxygens (including phenoxy) is 2. The molecule has 2 aliphatic carbocycles. The second-order valence-electron chi connectivity index (χ2n) is 11.4. The van der Waals surface area contributed by atoms with Crippen molar-refractivity contribution in [3.8, 4) is 17.2 Å². The lowest BCUT2D eigenvalue weighted by Gasteiger charge is -2.29. The fraction of sp³-hybridized carbons (Fsp3) is 0.438. The van der Waals surface area contributed by atoms with Crippen LogP contribution in [0.25, 0.3) is 16.9 Å². The maximum Gasteiger partial charge on any atom is 0.334 e. The van der Waals surface area contributed by atoms with E-state index in [0.29, 0.717) is 51.6 Å². The van der Waals surface area contributed by atoms with Crippen molar-refractivity contribution >= 4 is 28.7 Å². The zero-order chi connectivity index (χ0) is 29.2. The van der Waals surface area contributed by atoms with Crippen LogP contribution in [-0.2, 0) is 6.54 Å². The summed E-state index contributed by atoms with van der Waals surface area (Å²) < 4.78 is 15.4. The molecular formula is C32H36ClN5O4. The van der Waals surface area contributed by atoms with E-state index in [9.17, 15) is 9.59 Å². The van der Waals surface area contributed by atoms with E-state index in [1.54, 1.807) is 37.1 Å². The van der Waals surface area contributed by atoms with Gasteiger partial charge in [-0.15, -0.1) is 0 Å². The van der Waals surface area contributed by atoms with Crippen molar-refractivity contribution in [1.29, 1.82) is 0 Å². The molecule has 1 N–H and O–H groups in total. The van der Waals surface area contributed by atoms with E-state index in [2.05, 4.69) is 15.3 Å². The summed E-state index contributed by atoms with van der Waals surface area (Å²) in [5.74, 6) is 1.46. The number of imidazole rings is 1. The van der Waals surface area contributed by atoms with Crippen LogP contribution < -0.4 is 20.5 Å². The van der Waals surface area contributed by atoms with Crippen LogP contribution in [0.5, 0.6) is 11.5 Å². The fourth-order valence-electron chi connectivity index (χ4n) is 6.33. The molecule has 0 unspecified atom stereocenters. The van der Waals surface area contributed by atoms with Gasteiger partial charge in [0.25, 0.3) is 5.91 Å². The Hall–Kier alpha value is -3.85. The molecule has 0 saturated heterocycles. The molecule has 9 nitrogen and oxygen atoms in total. The number of hydrogen-bond acceptors (Lipinski definition) is 6. The molecule has 0 spiro atoms. The van der Waals surface area contributed by atoms with Crippen molar-refractivity contribution in [3.63, 3.8) is 0 Å². The standard InChI is InChI=1S/C32H36ClN5O4/c1-20-26(16-22(33)18-35-20)31(39)36-23-11-9-21(10-12-23)19-37-27-8-5-15-34-30(27)38(32(37)40)24-13-14-28(41-2)29(17-24)42-25-6-3-4-7-25/h5,8,13-18,21,23,25H,3-4,6-7,9-12,19H2,1-2H3,(H,36,39)/t21-,23-. The van der Waals surface area contributed by atoms with Crippen molar-refractivity contribution in [2.45, 2.75) is 77.0 Å². The number of methoxy groups -OCH3 is 1. The molecule has 6 rings (SSSR count). The number of halogens is 1. The number of pyridine rings is 2. The number of amides is 1. The first-order valence-corrected chi connectivity index (χ1v) is 15.1. The van der Waals surface area contributed by atoms with E-state index in [4.69, 9.17) is 21.1 Å². The van der Waals surface area contributed by atoms with Crippen LogP contribution in [0.4, 0.5) is 0 Å². The first kappa shape index (κ1) is 28.3. The second kappa shape index (κ2) is 12.2. The van der Waals surface area contributed by atoms with Gasteiger partial charge in [0.15, 0.2) is 17.1 Å². The van der Waals surface area contributed by atoms with Gasteiger partial charge in [-0.2, -0.15) is 0 Å². The number of fused-ring (bicyclic) bond motifs is 1. The average molecular weight is 590 g/mol. The molecule has 1 amide bonds. The Balaban J connectivity index is 1.20. The number of nitrogens with zero attached hydrogens (tertiary/aromatic N) is 4. The summed E-state index contributed by atoms with van der Waals surface area (Å²) in [6, 6.07) is 11.2. The molecule has 0 aliphatic heterocycles.